The molecule has 0 radical (unpaired) electrons. The highest BCUT2D eigenvalue weighted by Gasteiger charge is 2.08. The van der Waals surface area contributed by atoms with Gasteiger partial charge in [0.05, 0.1) is 0 Å². The van der Waals surface area contributed by atoms with Crippen molar-refractivity contribution in [3.05, 3.63) is 37.0 Å². The molecule has 0 aromatic carbocycles. The molecule has 0 aromatic heterocycles. The zero-order valence-corrected chi connectivity index (χ0v) is 18.2. The van der Waals surface area contributed by atoms with Gasteiger partial charge in [0.25, 0.3) is 0 Å². The van der Waals surface area contributed by atoms with Crippen LogP contribution in [0.1, 0.15) is 78.6 Å². The monoisotopic (exact) mass is 410 g/mol. The van der Waals surface area contributed by atoms with E-state index in [4.69, 9.17) is 14.6 Å². The van der Waals surface area contributed by atoms with Crippen LogP contribution in [0.2, 0.25) is 0 Å². The Morgan fingerprint density at radius 2 is 1.69 bits per heavy atom. The highest BCUT2D eigenvalue weighted by molar-refractivity contribution is 5.90. The van der Waals surface area contributed by atoms with E-state index in [0.717, 1.165) is 31.4 Å². The minimum absolute atomic E-state index is 0.0627. The molecule has 29 heavy (non-hydrogen) atoms. The lowest BCUT2D eigenvalue weighted by molar-refractivity contribution is -0.144. The molecule has 0 aliphatic rings. The van der Waals surface area contributed by atoms with Gasteiger partial charge in [0.2, 0.25) is 0 Å². The average Bonchev–Trinajstić information content (AvgIpc) is 2.69. The molecule has 0 aliphatic carbocycles. The Labute approximate surface area is 175 Å². The number of hydrogen-bond donors (Lipinski definition) is 1. The van der Waals surface area contributed by atoms with Gasteiger partial charge in [-0.05, 0) is 19.3 Å². The number of allylic oxidation sites excluding steroid dienone is 1. The second-order valence-electron chi connectivity index (χ2n) is 6.39. The SMILES string of the molecule is C=CCC(CC)OC(=O)C=CC(=O)O.CC/C=C/COC(=O)CCCCCCC. The van der Waals surface area contributed by atoms with Crippen LogP contribution < -0.4 is 0 Å². The fraction of sp³-hybridized carbons (Fsp3) is 0.609. The third-order valence-electron chi connectivity index (χ3n) is 3.76. The van der Waals surface area contributed by atoms with E-state index in [1.807, 2.05) is 19.1 Å². The molecule has 6 nitrogen and oxygen atoms in total. The van der Waals surface area contributed by atoms with Crippen LogP contribution in [0.25, 0.3) is 0 Å². The van der Waals surface area contributed by atoms with E-state index >= 15 is 0 Å². The molecule has 0 spiro atoms. The number of aliphatic carboxylic acids is 1. The zero-order chi connectivity index (χ0) is 22.3. The van der Waals surface area contributed by atoms with E-state index in [9.17, 15) is 14.4 Å². The lowest BCUT2D eigenvalue weighted by atomic mass is 10.1. The summed E-state index contributed by atoms with van der Waals surface area (Å²) in [5.41, 5.74) is 0. The van der Waals surface area contributed by atoms with Gasteiger partial charge >= 0.3 is 17.9 Å². The number of carboxylic acid groups (broad SMARTS) is 1. The summed E-state index contributed by atoms with van der Waals surface area (Å²) in [4.78, 5) is 32.2. The van der Waals surface area contributed by atoms with Crippen LogP contribution in [0.3, 0.4) is 0 Å². The van der Waals surface area contributed by atoms with Crippen molar-refractivity contribution in [2.24, 2.45) is 0 Å². The first-order valence-corrected chi connectivity index (χ1v) is 10.4. The van der Waals surface area contributed by atoms with Crippen LogP contribution in [0, 0.1) is 0 Å². The fourth-order valence-electron chi connectivity index (χ4n) is 2.15. The molecule has 0 fully saturated rings. The third-order valence-corrected chi connectivity index (χ3v) is 3.76. The van der Waals surface area contributed by atoms with Crippen molar-refractivity contribution < 1.29 is 29.0 Å². The van der Waals surface area contributed by atoms with E-state index in [-0.39, 0.29) is 12.1 Å². The first-order valence-electron chi connectivity index (χ1n) is 10.4. The lowest BCUT2D eigenvalue weighted by Crippen LogP contribution is -2.15. The maximum atomic E-state index is 11.2. The molecule has 0 saturated heterocycles. The number of rotatable bonds is 15. The highest BCUT2D eigenvalue weighted by atomic mass is 16.5. The van der Waals surface area contributed by atoms with Crippen LogP contribution >= 0.6 is 0 Å². The molecular formula is C23H38O6. The lowest BCUT2D eigenvalue weighted by Gasteiger charge is -2.12. The van der Waals surface area contributed by atoms with Crippen LogP contribution in [0.5, 0.6) is 0 Å². The molecule has 1 N–H and O–H groups in total. The summed E-state index contributed by atoms with van der Waals surface area (Å²) in [5.74, 6) is -1.87. The summed E-state index contributed by atoms with van der Waals surface area (Å²) < 4.78 is 9.96. The normalized spacial score (nSPS) is 11.6. The number of ether oxygens (including phenoxy) is 2. The molecule has 1 unspecified atom stereocenters. The Balaban J connectivity index is 0. The number of carbonyl (C=O) groups excluding carboxylic acids is 2. The topological polar surface area (TPSA) is 89.9 Å². The molecule has 0 rings (SSSR count). The zero-order valence-electron chi connectivity index (χ0n) is 18.2. The third kappa shape index (κ3) is 23.6. The van der Waals surface area contributed by atoms with E-state index in [2.05, 4.69) is 20.4 Å². The maximum absolute atomic E-state index is 11.2. The first-order chi connectivity index (χ1) is 13.9. The molecule has 0 aliphatic heterocycles. The van der Waals surface area contributed by atoms with Crippen molar-refractivity contribution in [3.8, 4) is 0 Å². The summed E-state index contributed by atoms with van der Waals surface area (Å²) >= 11 is 0. The van der Waals surface area contributed by atoms with Gasteiger partial charge in [-0.1, -0.05) is 64.7 Å². The van der Waals surface area contributed by atoms with Crippen LogP contribution in [-0.4, -0.2) is 35.7 Å². The Bertz CT molecular complexity index is 507. The van der Waals surface area contributed by atoms with Crippen LogP contribution in [0.4, 0.5) is 0 Å². The van der Waals surface area contributed by atoms with Gasteiger partial charge in [-0.25, -0.2) is 9.59 Å². The van der Waals surface area contributed by atoms with Crippen LogP contribution in [-0.2, 0) is 23.9 Å². The Hall–Kier alpha value is -2.37. The first kappa shape index (κ1) is 28.8. The maximum Gasteiger partial charge on any atom is 0.331 e. The number of carbonyl (C=O) groups is 3. The quantitative estimate of drug-likeness (QED) is 0.169. The van der Waals surface area contributed by atoms with Gasteiger partial charge in [-0.15, -0.1) is 6.58 Å². The summed E-state index contributed by atoms with van der Waals surface area (Å²) in [6.45, 7) is 10.1. The smallest absolute Gasteiger partial charge is 0.331 e. The number of unbranched alkanes of at least 4 members (excludes halogenated alkanes) is 4. The van der Waals surface area contributed by atoms with E-state index < -0.39 is 11.9 Å². The number of hydrogen-bond acceptors (Lipinski definition) is 5. The largest absolute Gasteiger partial charge is 0.478 e. The molecule has 1 atom stereocenters. The molecule has 166 valence electrons. The Morgan fingerprint density at radius 1 is 1.00 bits per heavy atom. The van der Waals surface area contributed by atoms with E-state index in [1.165, 1.54) is 19.3 Å². The highest BCUT2D eigenvalue weighted by Crippen LogP contribution is 2.06. The van der Waals surface area contributed by atoms with Gasteiger partial charge in [-0.2, -0.15) is 0 Å². The van der Waals surface area contributed by atoms with Gasteiger partial charge < -0.3 is 14.6 Å². The van der Waals surface area contributed by atoms with E-state index in [0.29, 0.717) is 25.9 Å². The molecule has 0 amide bonds. The van der Waals surface area contributed by atoms with E-state index in [1.54, 1.807) is 6.08 Å². The Kier molecular flexibility index (Phi) is 21.8. The molecule has 0 bridgehead atoms. The summed E-state index contributed by atoms with van der Waals surface area (Å²) in [5, 5.41) is 8.25. The second kappa shape index (κ2) is 21.9. The molecular weight excluding hydrogens is 372 g/mol. The van der Waals surface area contributed by atoms with Crippen molar-refractivity contribution in [2.45, 2.75) is 84.7 Å². The standard InChI is InChI=1S/C13H24O2.C10H14O4/c1-3-5-7-8-9-11-13(14)15-12-10-6-4-2;1-3-5-8(4-2)14-10(13)7-6-9(11)12/h6,10H,3-5,7-9,11-12H2,1-2H3;3,6-8H,1,4-5H2,2H3,(H,11,12)/b10-6+;. The van der Waals surface area contributed by atoms with Gasteiger partial charge in [0.15, 0.2) is 0 Å². The minimum Gasteiger partial charge on any atom is -0.478 e. The van der Waals surface area contributed by atoms with Gasteiger partial charge in [-0.3, -0.25) is 4.79 Å². The molecule has 0 heterocycles. The number of esters is 2. The summed E-state index contributed by atoms with van der Waals surface area (Å²) in [7, 11) is 0. The second-order valence-corrected chi connectivity index (χ2v) is 6.39. The predicted molar refractivity (Wildman–Crippen MR) is 116 cm³/mol. The average molecular weight is 411 g/mol. The molecule has 0 aromatic rings. The molecule has 6 heteroatoms. The van der Waals surface area contributed by atoms with Crippen LogP contribution in [0.15, 0.2) is 37.0 Å². The minimum atomic E-state index is -1.17. The summed E-state index contributed by atoms with van der Waals surface area (Å²) in [6, 6.07) is 0. The van der Waals surface area contributed by atoms with Crippen molar-refractivity contribution in [3.63, 3.8) is 0 Å². The van der Waals surface area contributed by atoms with Crippen molar-refractivity contribution in [2.75, 3.05) is 6.61 Å². The van der Waals surface area contributed by atoms with Gasteiger partial charge in [0.1, 0.15) is 12.7 Å². The van der Waals surface area contributed by atoms with Crippen molar-refractivity contribution in [1.82, 2.24) is 0 Å². The Morgan fingerprint density at radius 3 is 2.24 bits per heavy atom. The fourth-order valence-corrected chi connectivity index (χ4v) is 2.15. The summed E-state index contributed by atoms with van der Waals surface area (Å²) in [6.07, 6.45) is 15.7. The van der Waals surface area contributed by atoms with Crippen molar-refractivity contribution >= 4 is 17.9 Å². The molecule has 0 saturated carbocycles. The van der Waals surface area contributed by atoms with Gasteiger partial charge in [0, 0.05) is 25.0 Å². The predicted octanol–water partition coefficient (Wildman–Crippen LogP) is 5.38. The van der Waals surface area contributed by atoms with Crippen molar-refractivity contribution in [1.29, 1.82) is 0 Å². The number of carboxylic acids is 1.